The van der Waals surface area contributed by atoms with E-state index < -0.39 is 24.5 Å². The number of rotatable bonds is 10. The average Bonchev–Trinajstić information content (AvgIpc) is 3.63. The summed E-state index contributed by atoms with van der Waals surface area (Å²) in [7, 11) is 0. The van der Waals surface area contributed by atoms with Crippen molar-refractivity contribution in [2.24, 2.45) is 0 Å². The number of carbonyl (C=O) groups is 1. The summed E-state index contributed by atoms with van der Waals surface area (Å²) in [5.74, 6) is 0.370. The van der Waals surface area contributed by atoms with Gasteiger partial charge in [0.15, 0.2) is 17.8 Å². The summed E-state index contributed by atoms with van der Waals surface area (Å²) in [4.78, 5) is 31.5. The van der Waals surface area contributed by atoms with E-state index in [2.05, 4.69) is 20.5 Å². The molecule has 4 aromatic rings. The first-order valence-corrected chi connectivity index (χ1v) is 13.7. The number of aromatic nitrogens is 6. The molecule has 2 aromatic heterocycles. The van der Waals surface area contributed by atoms with Gasteiger partial charge in [-0.3, -0.25) is 9.36 Å². The highest BCUT2D eigenvalue weighted by Gasteiger charge is 2.39. The van der Waals surface area contributed by atoms with E-state index >= 15 is 0 Å². The first kappa shape index (κ1) is 29.6. The lowest BCUT2D eigenvalue weighted by Gasteiger charge is -2.16. The number of benzene rings is 2. The summed E-state index contributed by atoms with van der Waals surface area (Å²) >= 11 is 12.4. The molecule has 222 valence electrons. The van der Waals surface area contributed by atoms with Crippen LogP contribution in [0, 0.1) is 0 Å². The van der Waals surface area contributed by atoms with E-state index in [1.807, 2.05) is 0 Å². The zero-order chi connectivity index (χ0) is 30.0. The third kappa shape index (κ3) is 6.45. The topological polar surface area (TPSA) is 123 Å². The molecule has 0 bridgehead atoms. The fourth-order valence-electron chi connectivity index (χ4n) is 4.50. The monoisotopic (exact) mass is 624 g/mol. The van der Waals surface area contributed by atoms with Crippen LogP contribution in [0.25, 0.3) is 17.1 Å². The van der Waals surface area contributed by atoms with Crippen molar-refractivity contribution in [2.75, 3.05) is 25.0 Å². The second-order valence-electron chi connectivity index (χ2n) is 9.56. The molecule has 0 unspecified atom stereocenters. The second kappa shape index (κ2) is 12.2. The van der Waals surface area contributed by atoms with E-state index in [-0.39, 0.29) is 30.0 Å². The van der Waals surface area contributed by atoms with Crippen LogP contribution in [0.1, 0.15) is 18.7 Å². The van der Waals surface area contributed by atoms with Crippen LogP contribution in [0.15, 0.2) is 53.3 Å². The fourth-order valence-corrected chi connectivity index (χ4v) is 4.84. The van der Waals surface area contributed by atoms with Crippen LogP contribution < -0.4 is 11.0 Å². The molecule has 1 saturated heterocycles. The van der Waals surface area contributed by atoms with E-state index in [9.17, 15) is 27.9 Å². The maximum Gasteiger partial charge on any atom is 0.416 e. The van der Waals surface area contributed by atoms with Crippen LogP contribution in [-0.4, -0.2) is 76.9 Å². The summed E-state index contributed by atoms with van der Waals surface area (Å²) in [6.07, 6.45) is -6.43. The largest absolute Gasteiger partial charge is 0.416 e. The Hall–Kier alpha value is -3.88. The predicted molar refractivity (Wildman–Crippen MR) is 149 cm³/mol. The number of alkyl halides is 3. The lowest BCUT2D eigenvalue weighted by molar-refractivity contribution is -0.207. The van der Waals surface area contributed by atoms with Crippen LogP contribution in [-0.2, 0) is 17.9 Å². The molecule has 1 fully saturated rings. The molecule has 2 aromatic carbocycles. The minimum absolute atomic E-state index is 0.0761. The minimum atomic E-state index is -4.95. The van der Waals surface area contributed by atoms with Crippen LogP contribution in [0.2, 0.25) is 10.0 Å². The molecule has 0 spiro atoms. The lowest BCUT2D eigenvalue weighted by atomic mass is 10.2. The molecule has 1 aliphatic rings. The first-order chi connectivity index (χ1) is 20.0. The Balaban J connectivity index is 1.48. The molecule has 0 saturated carbocycles. The van der Waals surface area contributed by atoms with Crippen molar-refractivity contribution in [1.29, 1.82) is 0 Å². The molecular formula is C26H25Cl2F3N8O3. The molecule has 0 radical (unpaired) electrons. The number of likely N-dealkylation sites (tertiary alicyclic amines) is 1. The van der Waals surface area contributed by atoms with Gasteiger partial charge in [0, 0.05) is 36.6 Å². The van der Waals surface area contributed by atoms with Crippen LogP contribution in [0.3, 0.4) is 0 Å². The van der Waals surface area contributed by atoms with Gasteiger partial charge in [0.05, 0.1) is 17.3 Å². The number of amides is 1. The molecule has 42 heavy (non-hydrogen) atoms. The van der Waals surface area contributed by atoms with E-state index in [0.717, 1.165) is 15.7 Å². The zero-order valence-electron chi connectivity index (χ0n) is 21.9. The highest BCUT2D eigenvalue weighted by Crippen LogP contribution is 2.25. The number of para-hydroxylation sites is 1. The van der Waals surface area contributed by atoms with Gasteiger partial charge >= 0.3 is 11.9 Å². The standard InChI is InChI=1S/C26H25Cl2F3N8O3/c27-17-9-7-16(8-10-17)23-35-38(25(42)37(23)14-20(40)26(29,30)31)15-21-33-24(32-11-13-36-12-3-6-22(36)41)39(34-21)19-5-2-1-4-18(19)28/h1-2,4-5,7-10,20,40H,3,6,11-15H2,(H,32,33,34)/t20-/m0/s1. The van der Waals surface area contributed by atoms with Crippen LogP contribution in [0.5, 0.6) is 0 Å². The number of aliphatic hydroxyl groups is 1. The second-order valence-corrected chi connectivity index (χ2v) is 10.4. The number of halogens is 5. The number of hydrogen-bond donors (Lipinski definition) is 2. The summed E-state index contributed by atoms with van der Waals surface area (Å²) < 4.78 is 42.7. The molecular weight excluding hydrogens is 600 g/mol. The normalized spacial score (nSPS) is 14.5. The zero-order valence-corrected chi connectivity index (χ0v) is 23.4. The van der Waals surface area contributed by atoms with E-state index in [1.165, 1.54) is 28.9 Å². The Morgan fingerprint density at radius 1 is 1.05 bits per heavy atom. The summed E-state index contributed by atoms with van der Waals surface area (Å²) in [5.41, 5.74) is -0.0944. The number of aliphatic hydroxyl groups excluding tert-OH is 1. The maximum absolute atomic E-state index is 13.3. The maximum atomic E-state index is 13.3. The number of nitrogens with one attached hydrogen (secondary N) is 1. The van der Waals surface area contributed by atoms with Crippen LogP contribution >= 0.6 is 23.2 Å². The van der Waals surface area contributed by atoms with E-state index in [4.69, 9.17) is 23.2 Å². The molecule has 3 heterocycles. The van der Waals surface area contributed by atoms with Gasteiger partial charge in [-0.05, 0) is 42.8 Å². The summed E-state index contributed by atoms with van der Waals surface area (Å²) in [6.45, 7) is 0.112. The molecule has 0 aliphatic carbocycles. The number of hydrogen-bond acceptors (Lipinski definition) is 7. The number of nitrogens with zero attached hydrogens (tertiary/aromatic N) is 7. The van der Waals surface area contributed by atoms with Crippen molar-refractivity contribution < 1.29 is 23.1 Å². The van der Waals surface area contributed by atoms with Gasteiger partial charge in [0.25, 0.3) is 0 Å². The third-order valence-electron chi connectivity index (χ3n) is 6.62. The number of carbonyl (C=O) groups excluding carboxylic acids is 1. The molecule has 1 atom stereocenters. The van der Waals surface area contributed by atoms with Gasteiger partial charge in [-0.1, -0.05) is 35.3 Å². The summed E-state index contributed by atoms with van der Waals surface area (Å²) in [5, 5.41) is 22.4. The van der Waals surface area contributed by atoms with Gasteiger partial charge in [0.2, 0.25) is 11.9 Å². The molecule has 5 rings (SSSR count). The van der Waals surface area contributed by atoms with Crippen molar-refractivity contribution in [3.63, 3.8) is 0 Å². The van der Waals surface area contributed by atoms with Crippen LogP contribution in [0.4, 0.5) is 19.1 Å². The highest BCUT2D eigenvalue weighted by molar-refractivity contribution is 6.32. The molecule has 11 nitrogen and oxygen atoms in total. The Morgan fingerprint density at radius 2 is 1.79 bits per heavy atom. The predicted octanol–water partition coefficient (Wildman–Crippen LogP) is 3.61. The summed E-state index contributed by atoms with van der Waals surface area (Å²) in [6, 6.07) is 12.9. The molecule has 1 amide bonds. The first-order valence-electron chi connectivity index (χ1n) is 12.9. The van der Waals surface area contributed by atoms with Crippen molar-refractivity contribution in [3.05, 3.63) is 74.9 Å². The van der Waals surface area contributed by atoms with Gasteiger partial charge in [-0.25, -0.2) is 9.48 Å². The van der Waals surface area contributed by atoms with Crippen molar-refractivity contribution in [3.8, 4) is 17.1 Å². The minimum Gasteiger partial charge on any atom is -0.382 e. The Labute approximate surface area is 247 Å². The van der Waals surface area contributed by atoms with Gasteiger partial charge < -0.3 is 15.3 Å². The van der Waals surface area contributed by atoms with Gasteiger partial charge in [0.1, 0.15) is 6.54 Å². The van der Waals surface area contributed by atoms with Crippen molar-refractivity contribution in [1.82, 2.24) is 34.0 Å². The Kier molecular flexibility index (Phi) is 8.57. The lowest BCUT2D eigenvalue weighted by Crippen LogP contribution is -2.37. The smallest absolute Gasteiger partial charge is 0.382 e. The van der Waals surface area contributed by atoms with Gasteiger partial charge in [-0.15, -0.1) is 10.2 Å². The van der Waals surface area contributed by atoms with Crippen molar-refractivity contribution >= 4 is 35.1 Å². The Morgan fingerprint density at radius 3 is 2.45 bits per heavy atom. The molecule has 2 N–H and O–H groups in total. The van der Waals surface area contributed by atoms with E-state index in [1.54, 1.807) is 29.2 Å². The molecule has 16 heteroatoms. The quantitative estimate of drug-likeness (QED) is 0.276. The Bertz CT molecular complexity index is 1630. The third-order valence-corrected chi connectivity index (χ3v) is 7.19. The van der Waals surface area contributed by atoms with Crippen molar-refractivity contribution in [2.45, 2.75) is 38.2 Å². The fraction of sp³-hybridized carbons (Fsp3) is 0.346. The number of anilines is 1. The molecule has 1 aliphatic heterocycles. The highest BCUT2D eigenvalue weighted by atomic mass is 35.5. The van der Waals surface area contributed by atoms with E-state index in [0.29, 0.717) is 47.4 Å². The SMILES string of the molecule is O=C1CCCN1CCNc1nc(Cn2nc(-c3ccc(Cl)cc3)n(C[C@H](O)C(F)(F)F)c2=O)nn1-c1ccccc1Cl. The average molecular weight is 625 g/mol. The van der Waals surface area contributed by atoms with Gasteiger partial charge in [-0.2, -0.15) is 22.8 Å².